The molecule has 0 saturated heterocycles. The zero-order chi connectivity index (χ0) is 16.2. The van der Waals surface area contributed by atoms with Gasteiger partial charge in [-0.05, 0) is 0 Å². The summed E-state index contributed by atoms with van der Waals surface area (Å²) in [5.41, 5.74) is 0. The predicted molar refractivity (Wildman–Crippen MR) is 55.6 cm³/mol. The van der Waals surface area contributed by atoms with Crippen LogP contribution in [0, 0.1) is 0 Å². The molecule has 1 radical (unpaired) electrons. The monoisotopic (exact) mass is 399 g/mol. The normalized spacial score (nSPS) is 9.91. The number of aromatic amines is 2. The van der Waals surface area contributed by atoms with Crippen LogP contribution in [0.4, 0.5) is 0 Å². The van der Waals surface area contributed by atoms with Gasteiger partial charge in [0.2, 0.25) is 0 Å². The molecule has 2 aromatic heterocycles. The summed E-state index contributed by atoms with van der Waals surface area (Å²) in [5, 5.41) is 0. The van der Waals surface area contributed by atoms with Gasteiger partial charge in [0.15, 0.2) is 24.8 Å². The van der Waals surface area contributed by atoms with Crippen molar-refractivity contribution in [3.63, 3.8) is 0 Å². The van der Waals surface area contributed by atoms with Gasteiger partial charge in [-0.2, -0.15) is 0 Å². The maximum Gasteiger partial charge on any atom is 0.166 e. The van der Waals surface area contributed by atoms with Crippen molar-refractivity contribution < 1.29 is 63.6 Å². The molecule has 9 nitrogen and oxygen atoms in total. The summed E-state index contributed by atoms with van der Waals surface area (Å²) in [6.07, 6.45) is 7.50. The Labute approximate surface area is 153 Å². The third-order valence-corrected chi connectivity index (χ3v) is 4.05. The van der Waals surface area contributed by atoms with Gasteiger partial charge in [-0.3, -0.25) is 0 Å². The van der Waals surface area contributed by atoms with E-state index in [1.807, 2.05) is 61.2 Å². The third-order valence-electron chi connectivity index (χ3n) is 1.38. The van der Waals surface area contributed by atoms with Crippen molar-refractivity contribution in [3.05, 3.63) is 61.2 Å². The first-order chi connectivity index (χ1) is 9.71. The molecule has 0 aliphatic rings. The Bertz CT molecular complexity index is 567. The second-order valence-electron chi connectivity index (χ2n) is 3.04. The molecule has 0 aromatic carbocycles. The Morgan fingerprint density at radius 1 is 0.636 bits per heavy atom. The first-order valence-corrected chi connectivity index (χ1v) is 9.32. The van der Waals surface area contributed by atoms with Crippen LogP contribution in [0.3, 0.4) is 0 Å². The summed E-state index contributed by atoms with van der Waals surface area (Å²) in [5.74, 6) is 0. The Balaban J connectivity index is 0. The molecule has 2 heterocycles. The van der Waals surface area contributed by atoms with Gasteiger partial charge in [-0.25, -0.2) is 9.97 Å². The minimum atomic E-state index is -6.07. The third kappa shape index (κ3) is 21.7. The average molecular weight is 399 g/mol. The van der Waals surface area contributed by atoms with Gasteiger partial charge in [-0.1, -0.05) is 12.1 Å². The van der Waals surface area contributed by atoms with Crippen molar-refractivity contribution in [1.29, 1.82) is 0 Å². The summed E-state index contributed by atoms with van der Waals surface area (Å²) in [7, 11) is 0. The van der Waals surface area contributed by atoms with Crippen molar-refractivity contribution in [2.75, 3.05) is 0 Å². The van der Waals surface area contributed by atoms with E-state index in [1.54, 1.807) is 0 Å². The Morgan fingerprint density at radius 2 is 0.909 bits per heavy atom. The fourth-order valence-corrected chi connectivity index (χ4v) is 2.42. The van der Waals surface area contributed by atoms with Crippen molar-refractivity contribution >= 4 is 29.6 Å². The first kappa shape index (κ1) is 23.7. The van der Waals surface area contributed by atoms with Crippen LogP contribution in [0.1, 0.15) is 0 Å². The minimum Gasteiger partial charge on any atom is -0.218 e. The zero-order valence-corrected chi connectivity index (χ0v) is 16.0. The Morgan fingerprint density at radius 3 is 0.955 bits per heavy atom. The van der Waals surface area contributed by atoms with E-state index in [4.69, 9.17) is 0 Å². The number of pyridine rings is 2. The number of hydrogen-bond acceptors (Lipinski definition) is 7. The molecule has 2 aromatic rings. The summed E-state index contributed by atoms with van der Waals surface area (Å²) in [6.45, 7) is 0. The standard InChI is InChI=1S/2C5H5N.2Cr.Na.7O/c2*1-2-4-6-5-3-1;;;;;;;;;;/h2*1-5H;;;;;;;;;;/q;;;;;;;;;;2*-1/p+2. The van der Waals surface area contributed by atoms with Crippen LogP contribution in [0.2, 0.25) is 0 Å². The van der Waals surface area contributed by atoms with E-state index in [9.17, 15) is 23.5 Å². The fourth-order valence-electron chi connectivity index (χ4n) is 0.786. The van der Waals surface area contributed by atoms with Crippen molar-refractivity contribution in [1.82, 2.24) is 0 Å². The van der Waals surface area contributed by atoms with E-state index in [0.717, 1.165) is 0 Å². The summed E-state index contributed by atoms with van der Waals surface area (Å²) in [6, 6.07) is 11.7. The van der Waals surface area contributed by atoms with Gasteiger partial charge in [0.25, 0.3) is 0 Å². The number of hydrogen-bond donors (Lipinski definition) is 0. The van der Waals surface area contributed by atoms with Crippen LogP contribution in [0.25, 0.3) is 0 Å². The molecule has 0 aliphatic carbocycles. The molecule has 2 rings (SSSR count). The van der Waals surface area contributed by atoms with E-state index in [-0.39, 0.29) is 29.6 Å². The molecule has 0 unspecified atom stereocenters. The fraction of sp³-hybridized carbons (Fsp3) is 0. The second-order valence-corrected chi connectivity index (χ2v) is 6.68. The molecule has 0 amide bonds. The molecule has 0 bridgehead atoms. The van der Waals surface area contributed by atoms with Crippen molar-refractivity contribution in [2.24, 2.45) is 0 Å². The molecule has 0 aliphatic heterocycles. The zero-order valence-electron chi connectivity index (χ0n) is 11.4. The quantitative estimate of drug-likeness (QED) is 0.515. The van der Waals surface area contributed by atoms with Gasteiger partial charge < -0.3 is 0 Å². The maximum absolute atomic E-state index is 9.38. The molecule has 0 atom stereocenters. The molecule has 22 heavy (non-hydrogen) atoms. The van der Waals surface area contributed by atoms with Crippen molar-refractivity contribution in [3.8, 4) is 0 Å². The molecule has 12 heteroatoms. The summed E-state index contributed by atoms with van der Waals surface area (Å²) >= 11 is -12.1. The summed E-state index contributed by atoms with van der Waals surface area (Å²) < 4.78 is 58.9. The average Bonchev–Trinajstić information content (AvgIpc) is 2.40. The molecule has 2 N–H and O–H groups in total. The molecule has 117 valence electrons. The predicted octanol–water partition coefficient (Wildman–Crippen LogP) is -2.31. The second kappa shape index (κ2) is 12.9. The minimum absolute atomic E-state index is 0. The topological polar surface area (TPSA) is 152 Å². The maximum atomic E-state index is 9.38. The van der Waals surface area contributed by atoms with Crippen LogP contribution in [0.15, 0.2) is 61.2 Å². The van der Waals surface area contributed by atoms with E-state index in [0.29, 0.717) is 0 Å². The van der Waals surface area contributed by atoms with E-state index >= 15 is 0 Å². The van der Waals surface area contributed by atoms with Gasteiger partial charge >= 0.3 is 53.6 Å². The molecule has 0 saturated carbocycles. The molecule has 0 fully saturated rings. The summed E-state index contributed by atoms with van der Waals surface area (Å²) in [4.78, 5) is 5.78. The van der Waals surface area contributed by atoms with Gasteiger partial charge in [0, 0.05) is 53.8 Å². The van der Waals surface area contributed by atoms with Gasteiger partial charge in [0.05, 0.1) is 0 Å². The first-order valence-electron chi connectivity index (χ1n) is 5.15. The number of nitrogens with one attached hydrogen (secondary N) is 2. The number of H-pyrrole nitrogens is 2. The molecule has 0 spiro atoms. The van der Waals surface area contributed by atoms with Crippen LogP contribution >= 0.6 is 0 Å². The number of aromatic nitrogens is 2. The van der Waals surface area contributed by atoms with E-state index in [2.05, 4.69) is 12.8 Å². The SMILES string of the molecule is [Na].[O]=[Cr](=[O])([O-])[O][Cr](=[O])(=[O])[O-].c1cc[nH+]cc1.c1cc[nH+]cc1. The van der Waals surface area contributed by atoms with Crippen LogP contribution in [0.5, 0.6) is 0 Å². The Hall–Kier alpha value is -0.555. The molecular formula is C10H12Cr2N2NaO7. The van der Waals surface area contributed by atoms with E-state index in [1.165, 1.54) is 0 Å². The Kier molecular flexibility index (Phi) is 13.9. The molecular weight excluding hydrogens is 387 g/mol. The largest absolute Gasteiger partial charge is 0.218 e. The van der Waals surface area contributed by atoms with Crippen LogP contribution in [-0.4, -0.2) is 29.6 Å². The van der Waals surface area contributed by atoms with Gasteiger partial charge in [0.1, 0.15) is 0 Å². The number of rotatable bonds is 2. The van der Waals surface area contributed by atoms with E-state index < -0.39 is 27.2 Å². The van der Waals surface area contributed by atoms with Gasteiger partial charge in [-0.15, -0.1) is 0 Å². The smallest absolute Gasteiger partial charge is 0.166 e. The van der Waals surface area contributed by atoms with Crippen LogP contribution in [-0.2, 0) is 45.3 Å². The van der Waals surface area contributed by atoms with Crippen LogP contribution < -0.4 is 18.3 Å². The van der Waals surface area contributed by atoms with Crippen molar-refractivity contribution in [2.45, 2.75) is 0 Å².